The van der Waals surface area contributed by atoms with E-state index in [4.69, 9.17) is 0 Å². The highest BCUT2D eigenvalue weighted by molar-refractivity contribution is 7.86. The van der Waals surface area contributed by atoms with Crippen LogP contribution in [0.5, 0.6) is 0 Å². The molecule has 4 heteroatoms. The molecule has 0 aromatic carbocycles. The van der Waals surface area contributed by atoms with E-state index in [1.807, 2.05) is 13.8 Å². The van der Waals surface area contributed by atoms with E-state index in [0.717, 1.165) is 6.42 Å². The van der Waals surface area contributed by atoms with Crippen molar-refractivity contribution in [2.75, 3.05) is 12.4 Å². The van der Waals surface area contributed by atoms with Gasteiger partial charge in [-0.2, -0.15) is 8.42 Å². The van der Waals surface area contributed by atoms with E-state index in [1.54, 1.807) is 6.92 Å². The van der Waals surface area contributed by atoms with Gasteiger partial charge in [-0.3, -0.25) is 4.18 Å². The maximum atomic E-state index is 11.0. The van der Waals surface area contributed by atoms with Crippen molar-refractivity contribution in [1.29, 1.82) is 0 Å². The van der Waals surface area contributed by atoms with Gasteiger partial charge in [0, 0.05) is 0 Å². The molecule has 0 fully saturated rings. The number of rotatable bonds is 5. The van der Waals surface area contributed by atoms with Gasteiger partial charge in [-0.15, -0.1) is 0 Å². The number of hydrogen-bond acceptors (Lipinski definition) is 3. The molecule has 0 aliphatic rings. The summed E-state index contributed by atoms with van der Waals surface area (Å²) in [5.41, 5.74) is 0. The van der Waals surface area contributed by atoms with Crippen molar-refractivity contribution in [3.05, 3.63) is 0 Å². The molecular formula is C7H16O3S. The van der Waals surface area contributed by atoms with Crippen molar-refractivity contribution >= 4 is 10.1 Å². The van der Waals surface area contributed by atoms with E-state index in [0.29, 0.717) is 0 Å². The average molecular weight is 180 g/mol. The highest BCUT2D eigenvalue weighted by Gasteiger charge is 2.13. The molecule has 0 heterocycles. The molecule has 0 aromatic rings. The highest BCUT2D eigenvalue weighted by Crippen LogP contribution is 2.06. The fraction of sp³-hybridized carbons (Fsp3) is 1.00. The lowest BCUT2D eigenvalue weighted by Gasteiger charge is -2.07. The van der Waals surface area contributed by atoms with E-state index < -0.39 is 10.1 Å². The number of hydrogen-bond donors (Lipinski definition) is 0. The van der Waals surface area contributed by atoms with Gasteiger partial charge in [-0.05, 0) is 12.8 Å². The van der Waals surface area contributed by atoms with Crippen LogP contribution in [0.4, 0.5) is 0 Å². The van der Waals surface area contributed by atoms with Gasteiger partial charge in [-0.25, -0.2) is 0 Å². The minimum absolute atomic E-state index is 0.136. The van der Waals surface area contributed by atoms with Crippen molar-refractivity contribution in [2.24, 2.45) is 5.92 Å². The fourth-order valence-electron chi connectivity index (χ4n) is 0.694. The van der Waals surface area contributed by atoms with Crippen molar-refractivity contribution in [1.82, 2.24) is 0 Å². The van der Waals surface area contributed by atoms with E-state index >= 15 is 0 Å². The zero-order valence-corrected chi connectivity index (χ0v) is 8.15. The molecule has 0 bridgehead atoms. The minimum Gasteiger partial charge on any atom is -0.270 e. The third kappa shape index (κ3) is 5.21. The van der Waals surface area contributed by atoms with E-state index in [-0.39, 0.29) is 18.3 Å². The first-order valence-corrected chi connectivity index (χ1v) is 5.46. The summed E-state index contributed by atoms with van der Waals surface area (Å²) in [7, 11) is -3.24. The Bertz CT molecular complexity index is 184. The van der Waals surface area contributed by atoms with Crippen LogP contribution in [0.2, 0.25) is 0 Å². The average Bonchev–Trinajstić information content (AvgIpc) is 1.86. The first-order chi connectivity index (χ1) is 5.02. The molecule has 0 spiro atoms. The molecule has 11 heavy (non-hydrogen) atoms. The van der Waals surface area contributed by atoms with Crippen LogP contribution in [0.25, 0.3) is 0 Å². The summed E-state index contributed by atoms with van der Waals surface area (Å²) >= 11 is 0. The Morgan fingerprint density at radius 3 is 2.27 bits per heavy atom. The van der Waals surface area contributed by atoms with Crippen LogP contribution in [0.3, 0.4) is 0 Å². The molecule has 1 atom stereocenters. The molecule has 0 saturated heterocycles. The first kappa shape index (κ1) is 10.9. The predicted octanol–water partition coefficient (Wildman–Crippen LogP) is 1.40. The molecule has 68 valence electrons. The Morgan fingerprint density at radius 1 is 1.36 bits per heavy atom. The van der Waals surface area contributed by atoms with Crippen LogP contribution in [0.1, 0.15) is 27.2 Å². The minimum atomic E-state index is -3.24. The Labute approximate surface area is 68.9 Å². The highest BCUT2D eigenvalue weighted by atomic mass is 32.2. The van der Waals surface area contributed by atoms with Crippen molar-refractivity contribution < 1.29 is 12.6 Å². The van der Waals surface area contributed by atoms with Gasteiger partial charge in [0.15, 0.2) is 0 Å². The van der Waals surface area contributed by atoms with E-state index in [9.17, 15) is 8.42 Å². The fourth-order valence-corrected chi connectivity index (χ4v) is 2.08. The van der Waals surface area contributed by atoms with Crippen LogP contribution in [-0.2, 0) is 14.3 Å². The largest absolute Gasteiger partial charge is 0.270 e. The summed E-state index contributed by atoms with van der Waals surface area (Å²) in [6.07, 6.45) is 0.867. The molecule has 0 aromatic heterocycles. The molecule has 0 N–H and O–H groups in total. The van der Waals surface area contributed by atoms with Crippen LogP contribution < -0.4 is 0 Å². The summed E-state index contributed by atoms with van der Waals surface area (Å²) in [5.74, 6) is 0.323. The van der Waals surface area contributed by atoms with Gasteiger partial charge < -0.3 is 0 Å². The molecule has 0 saturated carbocycles. The van der Waals surface area contributed by atoms with E-state index in [2.05, 4.69) is 4.18 Å². The monoisotopic (exact) mass is 180 g/mol. The van der Waals surface area contributed by atoms with Crippen molar-refractivity contribution in [2.45, 2.75) is 27.2 Å². The van der Waals surface area contributed by atoms with Gasteiger partial charge in [0.1, 0.15) is 0 Å². The summed E-state index contributed by atoms with van der Waals surface area (Å²) < 4.78 is 26.5. The Balaban J connectivity index is 3.92. The van der Waals surface area contributed by atoms with Crippen LogP contribution in [0, 0.1) is 5.92 Å². The Kier molecular flexibility index (Phi) is 4.68. The predicted molar refractivity (Wildman–Crippen MR) is 44.9 cm³/mol. The van der Waals surface area contributed by atoms with Gasteiger partial charge in [0.25, 0.3) is 10.1 Å². The van der Waals surface area contributed by atoms with Gasteiger partial charge in [0.2, 0.25) is 0 Å². The lowest BCUT2D eigenvalue weighted by molar-refractivity contribution is 0.333. The molecule has 0 rings (SSSR count). The molecular weight excluding hydrogens is 164 g/mol. The van der Waals surface area contributed by atoms with Gasteiger partial charge in [0.05, 0.1) is 12.4 Å². The van der Waals surface area contributed by atoms with Crippen LogP contribution in [-0.4, -0.2) is 20.8 Å². The zero-order valence-electron chi connectivity index (χ0n) is 7.33. The lowest BCUT2D eigenvalue weighted by atomic mass is 10.2. The topological polar surface area (TPSA) is 43.4 Å². The van der Waals surface area contributed by atoms with Crippen molar-refractivity contribution in [3.8, 4) is 0 Å². The SMILES string of the molecule is CCOS(=O)(=O)CC(C)CC. The van der Waals surface area contributed by atoms with Crippen LogP contribution in [0.15, 0.2) is 0 Å². The molecule has 0 aliphatic carbocycles. The normalized spacial score (nSPS) is 14.8. The van der Waals surface area contributed by atoms with E-state index in [1.165, 1.54) is 0 Å². The summed E-state index contributed by atoms with van der Waals surface area (Å²) in [5, 5.41) is 0. The quantitative estimate of drug-likeness (QED) is 0.601. The van der Waals surface area contributed by atoms with Gasteiger partial charge in [-0.1, -0.05) is 20.3 Å². The maximum absolute atomic E-state index is 11.0. The Morgan fingerprint density at radius 2 is 1.91 bits per heavy atom. The second-order valence-electron chi connectivity index (χ2n) is 2.64. The summed E-state index contributed by atoms with van der Waals surface area (Å²) in [4.78, 5) is 0. The molecule has 1 unspecified atom stereocenters. The third-order valence-electron chi connectivity index (χ3n) is 1.48. The molecule has 0 aliphatic heterocycles. The smallest absolute Gasteiger partial charge is 0.267 e. The zero-order chi connectivity index (χ0) is 8.91. The Hall–Kier alpha value is -0.0900. The van der Waals surface area contributed by atoms with Crippen molar-refractivity contribution in [3.63, 3.8) is 0 Å². The summed E-state index contributed by atoms with van der Waals surface area (Å²) in [6.45, 7) is 5.77. The maximum Gasteiger partial charge on any atom is 0.267 e. The second kappa shape index (κ2) is 4.72. The molecule has 3 nitrogen and oxygen atoms in total. The molecule has 0 radical (unpaired) electrons. The second-order valence-corrected chi connectivity index (χ2v) is 4.33. The van der Waals surface area contributed by atoms with Crippen LogP contribution >= 0.6 is 0 Å². The van der Waals surface area contributed by atoms with Gasteiger partial charge >= 0.3 is 0 Å². The standard InChI is InChI=1S/C7H16O3S/c1-4-7(3)6-11(8,9)10-5-2/h7H,4-6H2,1-3H3. The third-order valence-corrected chi connectivity index (χ3v) is 3.06. The lowest BCUT2D eigenvalue weighted by Crippen LogP contribution is -2.15. The molecule has 0 amide bonds. The summed E-state index contributed by atoms with van der Waals surface area (Å²) in [6, 6.07) is 0. The first-order valence-electron chi connectivity index (χ1n) is 3.89.